The van der Waals surface area contributed by atoms with Crippen molar-refractivity contribution in [3.05, 3.63) is 0 Å². The maximum atomic E-state index is 11.8. The van der Waals surface area contributed by atoms with Crippen LogP contribution in [0.3, 0.4) is 0 Å². The van der Waals surface area contributed by atoms with Crippen molar-refractivity contribution in [2.45, 2.75) is 26.3 Å². The first-order valence-electron chi connectivity index (χ1n) is 4.59. The largest absolute Gasteiger partial charge is 0.396 e. The lowest BCUT2D eigenvalue weighted by atomic mass is 10.1. The molecule has 2 N–H and O–H groups in total. The number of alkyl halides is 1. The van der Waals surface area contributed by atoms with Gasteiger partial charge in [0, 0.05) is 12.6 Å². The first-order valence-corrected chi connectivity index (χ1v) is 6.25. The van der Waals surface area contributed by atoms with Gasteiger partial charge >= 0.3 is 0 Å². The summed E-state index contributed by atoms with van der Waals surface area (Å²) in [6.07, 6.45) is 0.00948. The van der Waals surface area contributed by atoms with E-state index in [1.165, 1.54) is 0 Å². The van der Waals surface area contributed by atoms with Gasteiger partial charge in [-0.15, -0.1) is 0 Å². The lowest BCUT2D eigenvalue weighted by Crippen LogP contribution is -2.39. The lowest BCUT2D eigenvalue weighted by Gasteiger charge is -2.18. The van der Waals surface area contributed by atoms with E-state index in [1.54, 1.807) is 13.8 Å². The van der Waals surface area contributed by atoms with Crippen LogP contribution in [-0.4, -0.2) is 38.6 Å². The molecule has 0 saturated heterocycles. The van der Waals surface area contributed by atoms with Crippen molar-refractivity contribution in [2.75, 3.05) is 19.0 Å². The highest BCUT2D eigenvalue weighted by Gasteiger charge is 2.18. The Morgan fingerprint density at radius 1 is 1.43 bits per heavy atom. The smallest absolute Gasteiger partial charge is 0.211 e. The third-order valence-corrected chi connectivity index (χ3v) is 3.61. The highest BCUT2D eigenvalue weighted by atomic mass is 32.2. The minimum atomic E-state index is -3.40. The van der Waals surface area contributed by atoms with E-state index in [0.29, 0.717) is 0 Å². The summed E-state index contributed by atoms with van der Waals surface area (Å²) in [6.45, 7) is 2.70. The number of hydrogen-bond acceptors (Lipinski definition) is 3. The first-order chi connectivity index (χ1) is 6.43. The third kappa shape index (κ3) is 5.51. The molecule has 4 nitrogen and oxygen atoms in total. The fourth-order valence-electron chi connectivity index (χ4n) is 0.861. The number of halogens is 1. The summed E-state index contributed by atoms with van der Waals surface area (Å²) in [5.41, 5.74) is 0. The van der Waals surface area contributed by atoms with Crippen molar-refractivity contribution in [1.82, 2.24) is 4.72 Å². The van der Waals surface area contributed by atoms with Gasteiger partial charge in [0.05, 0.1) is 12.4 Å². The molecule has 14 heavy (non-hydrogen) atoms. The Labute approximate surface area is 84.6 Å². The summed E-state index contributed by atoms with van der Waals surface area (Å²) in [7, 11) is -3.40. The van der Waals surface area contributed by atoms with Crippen LogP contribution in [0.4, 0.5) is 4.39 Å². The molecule has 0 radical (unpaired) electrons. The molecule has 0 amide bonds. The van der Waals surface area contributed by atoms with E-state index >= 15 is 0 Å². The summed E-state index contributed by atoms with van der Waals surface area (Å²) < 4.78 is 36.7. The molecule has 0 aliphatic heterocycles. The van der Waals surface area contributed by atoms with Crippen LogP contribution in [0.1, 0.15) is 20.3 Å². The Balaban J connectivity index is 4.08. The molecule has 0 heterocycles. The van der Waals surface area contributed by atoms with Crippen LogP contribution >= 0.6 is 0 Å². The number of sulfonamides is 1. The number of aliphatic hydroxyl groups excluding tert-OH is 1. The molecule has 0 saturated carbocycles. The second-order valence-electron chi connectivity index (χ2n) is 3.43. The number of aliphatic hydroxyl groups is 1. The van der Waals surface area contributed by atoms with Gasteiger partial charge in [-0.1, -0.05) is 6.92 Å². The molecular formula is C8H18FNO3S. The molecular weight excluding hydrogens is 209 g/mol. The molecule has 0 aromatic heterocycles. The van der Waals surface area contributed by atoms with E-state index in [4.69, 9.17) is 5.11 Å². The molecule has 0 fully saturated rings. The van der Waals surface area contributed by atoms with Crippen LogP contribution in [-0.2, 0) is 10.0 Å². The van der Waals surface area contributed by atoms with Crippen LogP contribution in [0.25, 0.3) is 0 Å². The maximum absolute atomic E-state index is 11.8. The van der Waals surface area contributed by atoms with Gasteiger partial charge < -0.3 is 5.11 Å². The Kier molecular flexibility index (Phi) is 6.22. The number of nitrogens with one attached hydrogen (secondary N) is 1. The molecule has 0 aliphatic rings. The van der Waals surface area contributed by atoms with E-state index in [9.17, 15) is 12.8 Å². The average molecular weight is 227 g/mol. The summed E-state index contributed by atoms with van der Waals surface area (Å²) in [5.74, 6) is -0.346. The normalized spacial score (nSPS) is 16.6. The predicted molar refractivity (Wildman–Crippen MR) is 53.2 cm³/mol. The Morgan fingerprint density at radius 3 is 2.43 bits per heavy atom. The van der Waals surface area contributed by atoms with Crippen molar-refractivity contribution in [3.63, 3.8) is 0 Å². The van der Waals surface area contributed by atoms with Gasteiger partial charge in [-0.05, 0) is 19.3 Å². The van der Waals surface area contributed by atoms with E-state index in [2.05, 4.69) is 4.72 Å². The summed E-state index contributed by atoms with van der Waals surface area (Å²) >= 11 is 0. The second kappa shape index (κ2) is 6.31. The third-order valence-electron chi connectivity index (χ3n) is 2.05. The molecule has 2 atom stereocenters. The maximum Gasteiger partial charge on any atom is 0.211 e. The predicted octanol–water partition coefficient (Wildman–Crippen LogP) is 0.282. The van der Waals surface area contributed by atoms with E-state index < -0.39 is 16.7 Å². The Bertz CT molecular complexity index is 243. The van der Waals surface area contributed by atoms with Crippen molar-refractivity contribution in [3.8, 4) is 0 Å². The van der Waals surface area contributed by atoms with Crippen molar-refractivity contribution in [1.29, 1.82) is 0 Å². The fourth-order valence-corrected chi connectivity index (χ4v) is 2.27. The minimum absolute atomic E-state index is 0.00948. The van der Waals surface area contributed by atoms with E-state index in [1.807, 2.05) is 0 Å². The fraction of sp³-hybridized carbons (Fsp3) is 1.00. The van der Waals surface area contributed by atoms with Gasteiger partial charge in [0.15, 0.2) is 0 Å². The molecule has 0 rings (SSSR count). The molecule has 6 heteroatoms. The van der Waals surface area contributed by atoms with Crippen LogP contribution < -0.4 is 4.72 Å². The zero-order valence-electron chi connectivity index (χ0n) is 8.53. The lowest BCUT2D eigenvalue weighted by molar-refractivity contribution is 0.216. The SMILES string of the molecule is CC(CO)C(C)NS(=O)(=O)CCCF. The molecule has 0 aliphatic carbocycles. The highest BCUT2D eigenvalue weighted by molar-refractivity contribution is 7.89. The van der Waals surface area contributed by atoms with Gasteiger partial charge in [-0.2, -0.15) is 0 Å². The molecule has 0 spiro atoms. The van der Waals surface area contributed by atoms with E-state index in [-0.39, 0.29) is 30.7 Å². The second-order valence-corrected chi connectivity index (χ2v) is 5.30. The average Bonchev–Trinajstić information content (AvgIpc) is 2.12. The molecule has 2 unspecified atom stereocenters. The first kappa shape index (κ1) is 13.8. The van der Waals surface area contributed by atoms with Crippen molar-refractivity contribution >= 4 is 10.0 Å². The van der Waals surface area contributed by atoms with Crippen LogP contribution in [0, 0.1) is 5.92 Å². The van der Waals surface area contributed by atoms with Crippen LogP contribution in [0.15, 0.2) is 0 Å². The summed E-state index contributed by atoms with van der Waals surface area (Å²) in [4.78, 5) is 0. The van der Waals surface area contributed by atoms with Crippen LogP contribution in [0.2, 0.25) is 0 Å². The number of rotatable bonds is 7. The van der Waals surface area contributed by atoms with Gasteiger partial charge in [-0.3, -0.25) is 4.39 Å². The topological polar surface area (TPSA) is 66.4 Å². The molecule has 0 bridgehead atoms. The zero-order chi connectivity index (χ0) is 11.2. The highest BCUT2D eigenvalue weighted by Crippen LogP contribution is 2.03. The van der Waals surface area contributed by atoms with Gasteiger partial charge in [0.1, 0.15) is 0 Å². The molecule has 0 aromatic carbocycles. The summed E-state index contributed by atoms with van der Waals surface area (Å²) in [5, 5.41) is 8.78. The minimum Gasteiger partial charge on any atom is -0.396 e. The quantitative estimate of drug-likeness (QED) is 0.656. The Morgan fingerprint density at radius 2 is 2.00 bits per heavy atom. The van der Waals surface area contributed by atoms with Crippen molar-refractivity contribution in [2.24, 2.45) is 5.92 Å². The van der Waals surface area contributed by atoms with Crippen LogP contribution in [0.5, 0.6) is 0 Å². The molecule has 0 aromatic rings. The monoisotopic (exact) mass is 227 g/mol. The molecule has 86 valence electrons. The van der Waals surface area contributed by atoms with Gasteiger partial charge in [0.25, 0.3) is 0 Å². The van der Waals surface area contributed by atoms with Gasteiger partial charge in [-0.25, -0.2) is 13.1 Å². The van der Waals surface area contributed by atoms with E-state index in [0.717, 1.165) is 0 Å². The number of hydrogen-bond donors (Lipinski definition) is 2. The standard InChI is InChI=1S/C8H18FNO3S/c1-7(6-11)8(2)10-14(12,13)5-3-4-9/h7-8,10-11H,3-6H2,1-2H3. The van der Waals surface area contributed by atoms with Crippen molar-refractivity contribution < 1.29 is 17.9 Å². The zero-order valence-corrected chi connectivity index (χ0v) is 9.35. The van der Waals surface area contributed by atoms with Gasteiger partial charge in [0.2, 0.25) is 10.0 Å². The Hall–Kier alpha value is -0.200. The summed E-state index contributed by atoms with van der Waals surface area (Å²) in [6, 6.07) is -0.329.